The van der Waals surface area contributed by atoms with Crippen LogP contribution in [0, 0.1) is 5.92 Å². The lowest BCUT2D eigenvalue weighted by molar-refractivity contribution is 0.599. The first-order valence-corrected chi connectivity index (χ1v) is 7.50. The minimum atomic E-state index is -0.00131. The Balaban J connectivity index is 2.24. The van der Waals surface area contributed by atoms with Gasteiger partial charge in [-0.2, -0.15) is 0 Å². The van der Waals surface area contributed by atoms with Gasteiger partial charge in [0.15, 0.2) is 5.82 Å². The molecule has 1 aliphatic carbocycles. The van der Waals surface area contributed by atoms with Crippen molar-refractivity contribution < 1.29 is 0 Å². The van der Waals surface area contributed by atoms with Crippen LogP contribution in [0.4, 0.5) is 5.82 Å². The Morgan fingerprint density at radius 2 is 2.30 bits per heavy atom. The van der Waals surface area contributed by atoms with Gasteiger partial charge in [-0.15, -0.1) is 0 Å². The van der Waals surface area contributed by atoms with E-state index in [4.69, 9.17) is 18.0 Å². The third-order valence-corrected chi connectivity index (χ3v) is 3.51. The van der Waals surface area contributed by atoms with Gasteiger partial charge in [0.1, 0.15) is 0 Å². The third kappa shape index (κ3) is 3.79. The first-order chi connectivity index (χ1) is 9.49. The van der Waals surface area contributed by atoms with Gasteiger partial charge in [0.05, 0.1) is 4.99 Å². The summed E-state index contributed by atoms with van der Waals surface area (Å²) < 4.78 is 1.80. The minimum absolute atomic E-state index is 0.00131. The van der Waals surface area contributed by atoms with Crippen LogP contribution in [0.15, 0.2) is 17.2 Å². The van der Waals surface area contributed by atoms with Gasteiger partial charge in [-0.1, -0.05) is 26.1 Å². The number of thiocarbonyl (C=S) groups is 1. The Bertz CT molecular complexity index is 536. The van der Waals surface area contributed by atoms with Gasteiger partial charge in [-0.25, -0.2) is 4.98 Å². The van der Waals surface area contributed by atoms with Crippen molar-refractivity contribution in [1.82, 2.24) is 9.55 Å². The van der Waals surface area contributed by atoms with Gasteiger partial charge in [-0.05, 0) is 18.8 Å². The summed E-state index contributed by atoms with van der Waals surface area (Å²) in [5.74, 6) is 0.960. The summed E-state index contributed by atoms with van der Waals surface area (Å²) in [7, 11) is 0. The van der Waals surface area contributed by atoms with Crippen molar-refractivity contribution in [3.8, 4) is 0 Å². The summed E-state index contributed by atoms with van der Waals surface area (Å²) in [6.07, 6.45) is 6.26. The smallest absolute Gasteiger partial charge is 0.293 e. The lowest BCUT2D eigenvalue weighted by atomic mass is 10.2. The zero-order valence-electron chi connectivity index (χ0n) is 12.1. The molecule has 0 spiro atoms. The van der Waals surface area contributed by atoms with Crippen LogP contribution in [-0.2, 0) is 0 Å². The molecule has 1 saturated carbocycles. The number of rotatable bonds is 7. The molecule has 20 heavy (non-hydrogen) atoms. The molecule has 0 amide bonds. The first-order valence-electron chi connectivity index (χ1n) is 7.09. The molecular weight excluding hydrogens is 272 g/mol. The van der Waals surface area contributed by atoms with Crippen LogP contribution in [0.25, 0.3) is 0 Å². The molecule has 2 N–H and O–H groups in total. The molecule has 0 unspecified atom stereocenters. The van der Waals surface area contributed by atoms with Crippen molar-refractivity contribution in [3.05, 3.63) is 22.7 Å². The minimum Gasteiger partial charge on any atom is -0.393 e. The summed E-state index contributed by atoms with van der Waals surface area (Å²) in [5, 5.41) is 0. The number of nitrogens with two attached hydrogens (primary N) is 1. The van der Waals surface area contributed by atoms with E-state index in [1.54, 1.807) is 17.0 Å². The molecule has 1 aromatic rings. The molecular formula is C14H22N4OS. The summed E-state index contributed by atoms with van der Waals surface area (Å²) in [6, 6.07) is 0.362. The van der Waals surface area contributed by atoms with Crippen molar-refractivity contribution in [1.29, 1.82) is 0 Å². The summed E-state index contributed by atoms with van der Waals surface area (Å²) in [5.41, 5.74) is 5.58. The predicted octanol–water partition coefficient (Wildman–Crippen LogP) is 1.72. The summed E-state index contributed by atoms with van der Waals surface area (Å²) in [4.78, 5) is 19.3. The second-order valence-corrected chi connectivity index (χ2v) is 6.27. The average molecular weight is 294 g/mol. The van der Waals surface area contributed by atoms with Gasteiger partial charge in [-0.3, -0.25) is 4.79 Å². The molecule has 1 aromatic heterocycles. The van der Waals surface area contributed by atoms with Gasteiger partial charge in [0, 0.05) is 37.9 Å². The SMILES string of the molecule is CC(C)CN(CCC(N)=S)c1nccn(C2CC2)c1=O. The van der Waals surface area contributed by atoms with Crippen molar-refractivity contribution in [2.75, 3.05) is 18.0 Å². The first kappa shape index (κ1) is 15.0. The summed E-state index contributed by atoms with van der Waals surface area (Å²) in [6.45, 7) is 5.66. The monoisotopic (exact) mass is 294 g/mol. The largest absolute Gasteiger partial charge is 0.393 e. The molecule has 2 rings (SSSR count). The van der Waals surface area contributed by atoms with E-state index in [9.17, 15) is 4.79 Å². The van der Waals surface area contributed by atoms with E-state index < -0.39 is 0 Å². The highest BCUT2D eigenvalue weighted by Gasteiger charge is 2.26. The maximum absolute atomic E-state index is 12.5. The van der Waals surface area contributed by atoms with Crippen LogP contribution >= 0.6 is 12.2 Å². The number of hydrogen-bond acceptors (Lipinski definition) is 4. The van der Waals surface area contributed by atoms with Crippen LogP contribution in [0.2, 0.25) is 0 Å². The fourth-order valence-corrected chi connectivity index (χ4v) is 2.33. The number of aromatic nitrogens is 2. The van der Waals surface area contributed by atoms with Crippen molar-refractivity contribution in [2.45, 2.75) is 39.2 Å². The Labute approximate surface area is 124 Å². The fourth-order valence-electron chi connectivity index (χ4n) is 2.24. The molecule has 110 valence electrons. The standard InChI is InChI=1S/C14H22N4OS/c1-10(2)9-17(7-5-12(15)20)13-14(19)18(8-6-16-13)11-3-4-11/h6,8,10-11H,3-5,7,9H2,1-2H3,(H2,15,20). The molecule has 1 heterocycles. The Morgan fingerprint density at radius 1 is 1.60 bits per heavy atom. The number of anilines is 1. The third-order valence-electron chi connectivity index (χ3n) is 3.30. The number of hydrogen-bond donors (Lipinski definition) is 1. The molecule has 1 aliphatic rings. The fraction of sp³-hybridized carbons (Fsp3) is 0.643. The molecule has 0 aliphatic heterocycles. The highest BCUT2D eigenvalue weighted by Crippen LogP contribution is 2.33. The number of nitrogens with zero attached hydrogens (tertiary/aromatic N) is 3. The lowest BCUT2D eigenvalue weighted by Crippen LogP contribution is -2.37. The maximum Gasteiger partial charge on any atom is 0.293 e. The molecule has 0 bridgehead atoms. The van der Waals surface area contributed by atoms with Gasteiger partial charge in [0.2, 0.25) is 0 Å². The molecule has 0 radical (unpaired) electrons. The lowest BCUT2D eigenvalue weighted by Gasteiger charge is -2.25. The van der Waals surface area contributed by atoms with E-state index >= 15 is 0 Å². The second kappa shape index (κ2) is 6.35. The van der Waals surface area contributed by atoms with Crippen LogP contribution in [0.1, 0.15) is 39.2 Å². The average Bonchev–Trinajstić information content (AvgIpc) is 3.18. The summed E-state index contributed by atoms with van der Waals surface area (Å²) >= 11 is 4.94. The van der Waals surface area contributed by atoms with E-state index in [-0.39, 0.29) is 5.56 Å². The van der Waals surface area contributed by atoms with Crippen LogP contribution < -0.4 is 16.2 Å². The second-order valence-electron chi connectivity index (χ2n) is 5.75. The Kier molecular flexibility index (Phi) is 4.75. The van der Waals surface area contributed by atoms with E-state index in [1.807, 2.05) is 4.90 Å². The Hall–Kier alpha value is -1.43. The van der Waals surface area contributed by atoms with E-state index in [0.717, 1.165) is 19.4 Å². The van der Waals surface area contributed by atoms with Gasteiger partial charge in [0.25, 0.3) is 5.56 Å². The van der Waals surface area contributed by atoms with Crippen LogP contribution in [0.3, 0.4) is 0 Å². The van der Waals surface area contributed by atoms with Crippen molar-refractivity contribution >= 4 is 23.0 Å². The molecule has 0 atom stereocenters. The molecule has 5 nitrogen and oxygen atoms in total. The topological polar surface area (TPSA) is 64.2 Å². The van der Waals surface area contributed by atoms with Gasteiger partial charge < -0.3 is 15.2 Å². The van der Waals surface area contributed by atoms with Crippen LogP contribution in [0.5, 0.6) is 0 Å². The Morgan fingerprint density at radius 3 is 2.85 bits per heavy atom. The van der Waals surface area contributed by atoms with E-state index in [0.29, 0.717) is 35.7 Å². The quantitative estimate of drug-likeness (QED) is 0.776. The van der Waals surface area contributed by atoms with Crippen molar-refractivity contribution in [3.63, 3.8) is 0 Å². The van der Waals surface area contributed by atoms with E-state index in [2.05, 4.69) is 18.8 Å². The zero-order chi connectivity index (χ0) is 14.7. The normalized spacial score (nSPS) is 14.6. The van der Waals surface area contributed by atoms with Gasteiger partial charge >= 0.3 is 0 Å². The molecule has 6 heteroatoms. The van der Waals surface area contributed by atoms with E-state index in [1.165, 1.54) is 0 Å². The zero-order valence-corrected chi connectivity index (χ0v) is 12.9. The molecule has 1 fully saturated rings. The molecule has 0 saturated heterocycles. The van der Waals surface area contributed by atoms with Crippen molar-refractivity contribution in [2.24, 2.45) is 11.7 Å². The maximum atomic E-state index is 12.5. The highest BCUT2D eigenvalue weighted by molar-refractivity contribution is 7.80. The predicted molar refractivity (Wildman–Crippen MR) is 85.2 cm³/mol. The van der Waals surface area contributed by atoms with Crippen LogP contribution in [-0.4, -0.2) is 27.6 Å². The molecule has 0 aromatic carbocycles. The highest BCUT2D eigenvalue weighted by atomic mass is 32.1.